The summed E-state index contributed by atoms with van der Waals surface area (Å²) >= 11 is 1.65. The second-order valence-corrected chi connectivity index (χ2v) is 5.82. The molecular formula is C12H17N3OS. The molecule has 1 N–H and O–H groups in total. The number of β-amino-alcohol motifs (C(OH)–C–C–N with tert-alkyl or cyclic N) is 1. The van der Waals surface area contributed by atoms with Crippen molar-refractivity contribution >= 4 is 16.3 Å². The fourth-order valence-electron chi connectivity index (χ4n) is 2.60. The number of likely N-dealkylation sites (tertiary alicyclic amines) is 1. The third kappa shape index (κ3) is 2.10. The van der Waals surface area contributed by atoms with Crippen molar-refractivity contribution in [1.82, 2.24) is 14.3 Å². The van der Waals surface area contributed by atoms with E-state index in [2.05, 4.69) is 27.4 Å². The summed E-state index contributed by atoms with van der Waals surface area (Å²) < 4.78 is 2.05. The van der Waals surface area contributed by atoms with Crippen molar-refractivity contribution in [3.8, 4) is 0 Å². The summed E-state index contributed by atoms with van der Waals surface area (Å²) in [5, 5.41) is 12.1. The van der Waals surface area contributed by atoms with E-state index in [1.807, 2.05) is 11.6 Å². The van der Waals surface area contributed by atoms with E-state index in [1.165, 1.54) is 0 Å². The zero-order chi connectivity index (χ0) is 11.9. The number of nitrogens with zero attached hydrogens (tertiary/aromatic N) is 3. The lowest BCUT2D eigenvalue weighted by Crippen LogP contribution is -2.60. The van der Waals surface area contributed by atoms with Crippen LogP contribution in [0.3, 0.4) is 0 Å². The van der Waals surface area contributed by atoms with Crippen LogP contribution in [-0.4, -0.2) is 38.1 Å². The highest BCUT2D eigenvalue weighted by atomic mass is 32.1. The highest BCUT2D eigenvalue weighted by molar-refractivity contribution is 7.15. The van der Waals surface area contributed by atoms with Crippen molar-refractivity contribution in [2.45, 2.75) is 31.9 Å². The van der Waals surface area contributed by atoms with Gasteiger partial charge in [-0.2, -0.15) is 0 Å². The molecule has 1 aliphatic rings. The van der Waals surface area contributed by atoms with Gasteiger partial charge in [-0.15, -0.1) is 11.3 Å². The molecule has 3 rings (SSSR count). The Balaban J connectivity index is 1.61. The van der Waals surface area contributed by atoms with Crippen molar-refractivity contribution in [2.24, 2.45) is 0 Å². The fraction of sp³-hybridized carbons (Fsp3) is 0.583. The Morgan fingerprint density at radius 2 is 2.35 bits per heavy atom. The van der Waals surface area contributed by atoms with E-state index in [4.69, 9.17) is 0 Å². The van der Waals surface area contributed by atoms with Gasteiger partial charge in [0.2, 0.25) is 0 Å². The van der Waals surface area contributed by atoms with Crippen molar-refractivity contribution < 1.29 is 5.11 Å². The van der Waals surface area contributed by atoms with Gasteiger partial charge in [-0.1, -0.05) is 13.3 Å². The summed E-state index contributed by atoms with van der Waals surface area (Å²) in [5.41, 5.74) is 0.654. The zero-order valence-electron chi connectivity index (χ0n) is 9.96. The first-order valence-electron chi connectivity index (χ1n) is 6.04. The summed E-state index contributed by atoms with van der Waals surface area (Å²) in [7, 11) is 0. The van der Waals surface area contributed by atoms with E-state index in [0.717, 1.165) is 43.1 Å². The number of aliphatic hydroxyl groups is 1. The maximum Gasteiger partial charge on any atom is 0.193 e. The molecule has 1 fully saturated rings. The molecular weight excluding hydrogens is 234 g/mol. The molecule has 1 aliphatic heterocycles. The summed E-state index contributed by atoms with van der Waals surface area (Å²) in [5.74, 6) is 0. The van der Waals surface area contributed by atoms with Crippen molar-refractivity contribution in [1.29, 1.82) is 0 Å². The van der Waals surface area contributed by atoms with Gasteiger partial charge in [-0.05, 0) is 6.42 Å². The Morgan fingerprint density at radius 1 is 1.53 bits per heavy atom. The minimum atomic E-state index is -0.439. The Hall–Kier alpha value is -0.910. The monoisotopic (exact) mass is 251 g/mol. The molecule has 4 nitrogen and oxygen atoms in total. The third-order valence-corrected chi connectivity index (χ3v) is 4.05. The molecule has 0 aromatic carbocycles. The molecule has 17 heavy (non-hydrogen) atoms. The molecule has 0 aliphatic carbocycles. The van der Waals surface area contributed by atoms with Gasteiger partial charge < -0.3 is 5.11 Å². The van der Waals surface area contributed by atoms with Crippen LogP contribution in [0.25, 0.3) is 4.96 Å². The van der Waals surface area contributed by atoms with E-state index in [-0.39, 0.29) is 0 Å². The molecule has 0 atom stereocenters. The number of imidazole rings is 1. The summed E-state index contributed by atoms with van der Waals surface area (Å²) in [4.78, 5) is 7.84. The van der Waals surface area contributed by atoms with Gasteiger partial charge in [-0.25, -0.2) is 4.98 Å². The zero-order valence-corrected chi connectivity index (χ0v) is 10.8. The molecule has 5 heteroatoms. The van der Waals surface area contributed by atoms with Gasteiger partial charge >= 0.3 is 0 Å². The van der Waals surface area contributed by atoms with E-state index in [1.54, 1.807) is 11.3 Å². The standard InChI is InChI=1S/C12H17N3OS/c1-2-3-12(16)8-14(9-12)6-10-7-15-4-5-17-11(15)13-10/h4-5,7,16H,2-3,6,8-9H2,1H3. The molecule has 2 aromatic heterocycles. The van der Waals surface area contributed by atoms with E-state index in [0.29, 0.717) is 0 Å². The first-order chi connectivity index (χ1) is 8.18. The van der Waals surface area contributed by atoms with Crippen LogP contribution >= 0.6 is 11.3 Å². The fourth-order valence-corrected chi connectivity index (χ4v) is 3.32. The lowest BCUT2D eigenvalue weighted by molar-refractivity contribution is -0.107. The van der Waals surface area contributed by atoms with Gasteiger partial charge in [-0.3, -0.25) is 9.30 Å². The van der Waals surface area contributed by atoms with Gasteiger partial charge in [0, 0.05) is 37.4 Å². The average Bonchev–Trinajstić information content (AvgIpc) is 2.75. The number of thiazole rings is 1. The molecule has 1 saturated heterocycles. The van der Waals surface area contributed by atoms with Gasteiger partial charge in [0.1, 0.15) is 0 Å². The average molecular weight is 251 g/mol. The maximum absolute atomic E-state index is 10.1. The Bertz CT molecular complexity index is 484. The quantitative estimate of drug-likeness (QED) is 0.900. The van der Waals surface area contributed by atoms with Crippen molar-refractivity contribution in [2.75, 3.05) is 13.1 Å². The molecule has 0 saturated carbocycles. The minimum Gasteiger partial charge on any atom is -0.387 e. The van der Waals surface area contributed by atoms with Crippen molar-refractivity contribution in [3.05, 3.63) is 23.5 Å². The number of hydrogen-bond donors (Lipinski definition) is 1. The normalized spacial score (nSPS) is 19.6. The molecule has 2 aromatic rings. The van der Waals surface area contributed by atoms with Crippen LogP contribution in [-0.2, 0) is 6.54 Å². The molecule has 3 heterocycles. The van der Waals surface area contributed by atoms with Crippen LogP contribution in [0, 0.1) is 0 Å². The number of aromatic nitrogens is 2. The first-order valence-corrected chi connectivity index (χ1v) is 6.92. The SMILES string of the molecule is CCCC1(O)CN(Cc2cn3ccsc3n2)C1. The van der Waals surface area contributed by atoms with Gasteiger partial charge in [0.05, 0.1) is 11.3 Å². The lowest BCUT2D eigenvalue weighted by atomic mass is 9.89. The highest BCUT2D eigenvalue weighted by Gasteiger charge is 2.40. The van der Waals surface area contributed by atoms with Crippen LogP contribution in [0.5, 0.6) is 0 Å². The number of rotatable bonds is 4. The molecule has 0 amide bonds. The summed E-state index contributed by atoms with van der Waals surface area (Å²) in [6.07, 6.45) is 6.05. The van der Waals surface area contributed by atoms with Crippen LogP contribution in [0.4, 0.5) is 0 Å². The molecule has 92 valence electrons. The van der Waals surface area contributed by atoms with Crippen LogP contribution in [0.1, 0.15) is 25.5 Å². The Kier molecular flexibility index (Phi) is 2.69. The predicted octanol–water partition coefficient (Wildman–Crippen LogP) is 1.74. The maximum atomic E-state index is 10.1. The number of hydrogen-bond acceptors (Lipinski definition) is 4. The summed E-state index contributed by atoms with van der Waals surface area (Å²) in [6, 6.07) is 0. The smallest absolute Gasteiger partial charge is 0.193 e. The van der Waals surface area contributed by atoms with E-state index >= 15 is 0 Å². The highest BCUT2D eigenvalue weighted by Crippen LogP contribution is 2.27. The number of fused-ring (bicyclic) bond motifs is 1. The largest absolute Gasteiger partial charge is 0.387 e. The minimum absolute atomic E-state index is 0.439. The molecule has 0 spiro atoms. The van der Waals surface area contributed by atoms with Gasteiger partial charge in [0.15, 0.2) is 4.96 Å². The first kappa shape index (κ1) is 11.2. The molecule has 0 bridgehead atoms. The predicted molar refractivity (Wildman–Crippen MR) is 68.2 cm³/mol. The van der Waals surface area contributed by atoms with Crippen LogP contribution < -0.4 is 0 Å². The van der Waals surface area contributed by atoms with Crippen LogP contribution in [0.15, 0.2) is 17.8 Å². The van der Waals surface area contributed by atoms with Crippen LogP contribution in [0.2, 0.25) is 0 Å². The molecule has 0 unspecified atom stereocenters. The van der Waals surface area contributed by atoms with Crippen molar-refractivity contribution in [3.63, 3.8) is 0 Å². The van der Waals surface area contributed by atoms with E-state index in [9.17, 15) is 5.11 Å². The second kappa shape index (κ2) is 4.08. The Labute approximate surface area is 105 Å². The second-order valence-electron chi connectivity index (χ2n) is 4.94. The summed E-state index contributed by atoms with van der Waals surface area (Å²) in [6.45, 7) is 4.53. The van der Waals surface area contributed by atoms with Gasteiger partial charge in [0.25, 0.3) is 0 Å². The Morgan fingerprint density at radius 3 is 3.06 bits per heavy atom. The topological polar surface area (TPSA) is 40.8 Å². The molecule has 0 radical (unpaired) electrons. The third-order valence-electron chi connectivity index (χ3n) is 3.28. The lowest BCUT2D eigenvalue weighted by Gasteiger charge is -2.46. The van der Waals surface area contributed by atoms with E-state index < -0.39 is 5.60 Å².